The van der Waals surface area contributed by atoms with Gasteiger partial charge >= 0.3 is 0 Å². The van der Waals surface area contributed by atoms with Crippen molar-refractivity contribution in [2.24, 2.45) is 0 Å². The van der Waals surface area contributed by atoms with Crippen LogP contribution in [0.25, 0.3) is 10.9 Å². The number of aryl methyl sites for hydroxylation is 1. The van der Waals surface area contributed by atoms with E-state index in [4.69, 9.17) is 4.74 Å². The first-order chi connectivity index (χ1) is 18.0. The molecule has 5 rings (SSSR count). The number of amides is 2. The Bertz CT molecular complexity index is 1580. The van der Waals surface area contributed by atoms with Crippen LogP contribution in [0.2, 0.25) is 0 Å². The Morgan fingerprint density at radius 2 is 1.59 bits per heavy atom. The lowest BCUT2D eigenvalue weighted by Crippen LogP contribution is -2.15. The zero-order valence-electron chi connectivity index (χ0n) is 20.1. The molecule has 0 unspecified atom stereocenters. The van der Waals surface area contributed by atoms with Gasteiger partial charge < -0.3 is 15.4 Å². The third-order valence-corrected chi connectivity index (χ3v) is 5.82. The topological polar surface area (TPSA) is 93.2 Å². The van der Waals surface area contributed by atoms with Crippen molar-refractivity contribution in [1.29, 1.82) is 0 Å². The molecule has 0 spiro atoms. The summed E-state index contributed by atoms with van der Waals surface area (Å²) in [7, 11) is 0. The summed E-state index contributed by atoms with van der Waals surface area (Å²) in [5, 5.41) is 6.73. The van der Waals surface area contributed by atoms with Crippen LogP contribution in [-0.2, 0) is 6.61 Å². The van der Waals surface area contributed by atoms with Crippen molar-refractivity contribution in [2.45, 2.75) is 13.5 Å². The predicted octanol–water partition coefficient (Wildman–Crippen LogP) is 6.02. The maximum Gasteiger partial charge on any atom is 0.255 e. The number of nitrogens with one attached hydrogen (secondary N) is 2. The van der Waals surface area contributed by atoms with Crippen LogP contribution in [0.4, 0.5) is 11.4 Å². The van der Waals surface area contributed by atoms with Crippen LogP contribution in [0, 0.1) is 6.92 Å². The van der Waals surface area contributed by atoms with E-state index in [0.717, 1.165) is 22.2 Å². The highest BCUT2D eigenvalue weighted by Crippen LogP contribution is 2.23. The zero-order valence-corrected chi connectivity index (χ0v) is 20.1. The molecule has 7 heteroatoms. The van der Waals surface area contributed by atoms with Gasteiger partial charge in [0.05, 0.1) is 11.2 Å². The molecule has 2 aromatic heterocycles. The van der Waals surface area contributed by atoms with Gasteiger partial charge in [-0.05, 0) is 79.2 Å². The number of ether oxygens (including phenoxy) is 1. The summed E-state index contributed by atoms with van der Waals surface area (Å²) in [5.41, 5.74) is 4.64. The largest absolute Gasteiger partial charge is 0.487 e. The summed E-state index contributed by atoms with van der Waals surface area (Å²) in [6.07, 6.45) is 3.43. The van der Waals surface area contributed by atoms with E-state index >= 15 is 0 Å². The molecule has 0 aliphatic carbocycles. The summed E-state index contributed by atoms with van der Waals surface area (Å²) in [6, 6.07) is 27.1. The number of fused-ring (bicyclic) bond motifs is 1. The fourth-order valence-corrected chi connectivity index (χ4v) is 3.82. The molecule has 2 amide bonds. The first kappa shape index (κ1) is 23.7. The average molecular weight is 489 g/mol. The van der Waals surface area contributed by atoms with Gasteiger partial charge in [-0.15, -0.1) is 0 Å². The summed E-state index contributed by atoms with van der Waals surface area (Å²) >= 11 is 0. The molecule has 3 aromatic carbocycles. The monoisotopic (exact) mass is 488 g/mol. The number of hydrogen-bond acceptors (Lipinski definition) is 5. The molecule has 0 aliphatic rings. The van der Waals surface area contributed by atoms with E-state index in [-0.39, 0.29) is 11.8 Å². The number of nitrogens with zero attached hydrogens (tertiary/aromatic N) is 2. The minimum Gasteiger partial charge on any atom is -0.487 e. The first-order valence-corrected chi connectivity index (χ1v) is 11.8. The standard InChI is InChI=1S/C30H24N4O3/c1-20-10-12-24(33-29(35)23-11-13-27-21(16-23)7-5-15-32-27)18-28(20)34-30(36)22-6-4-9-26(17-22)37-19-25-8-2-3-14-31-25/h2-18H,19H2,1H3,(H,33,35)(H,34,36). The highest BCUT2D eigenvalue weighted by Gasteiger charge is 2.12. The van der Waals surface area contributed by atoms with Crippen molar-refractivity contribution in [2.75, 3.05) is 10.6 Å². The number of carbonyl (C=O) groups excluding carboxylic acids is 2. The van der Waals surface area contributed by atoms with Crippen LogP contribution < -0.4 is 15.4 Å². The van der Waals surface area contributed by atoms with E-state index in [1.54, 1.807) is 60.9 Å². The molecular formula is C30H24N4O3. The third-order valence-electron chi connectivity index (χ3n) is 5.82. The zero-order chi connectivity index (χ0) is 25.6. The van der Waals surface area contributed by atoms with Crippen molar-refractivity contribution in [3.05, 3.63) is 126 Å². The fraction of sp³-hybridized carbons (Fsp3) is 0.0667. The second-order valence-corrected chi connectivity index (χ2v) is 8.49. The second-order valence-electron chi connectivity index (χ2n) is 8.49. The molecule has 5 aromatic rings. The molecule has 2 N–H and O–H groups in total. The molecule has 0 fully saturated rings. The van der Waals surface area contributed by atoms with Crippen molar-refractivity contribution in [3.8, 4) is 5.75 Å². The van der Waals surface area contributed by atoms with E-state index < -0.39 is 0 Å². The number of anilines is 2. The molecule has 7 nitrogen and oxygen atoms in total. The van der Waals surface area contributed by atoms with Gasteiger partial charge in [-0.2, -0.15) is 0 Å². The Kier molecular flexibility index (Phi) is 6.85. The van der Waals surface area contributed by atoms with Gasteiger partial charge in [0.2, 0.25) is 0 Å². The van der Waals surface area contributed by atoms with Gasteiger partial charge in [0, 0.05) is 40.3 Å². The van der Waals surface area contributed by atoms with Crippen LogP contribution in [0.5, 0.6) is 5.75 Å². The number of benzene rings is 3. The van der Waals surface area contributed by atoms with E-state index in [9.17, 15) is 9.59 Å². The minimum absolute atomic E-state index is 0.246. The molecule has 0 saturated heterocycles. The van der Waals surface area contributed by atoms with E-state index in [0.29, 0.717) is 34.9 Å². The maximum absolute atomic E-state index is 13.0. The fourth-order valence-electron chi connectivity index (χ4n) is 3.82. The lowest BCUT2D eigenvalue weighted by molar-refractivity contribution is 0.101. The Morgan fingerprint density at radius 3 is 2.46 bits per heavy atom. The van der Waals surface area contributed by atoms with Crippen molar-refractivity contribution in [3.63, 3.8) is 0 Å². The predicted molar refractivity (Wildman–Crippen MR) is 144 cm³/mol. The number of pyridine rings is 2. The summed E-state index contributed by atoms with van der Waals surface area (Å²) in [6.45, 7) is 2.20. The molecule has 0 bridgehead atoms. The SMILES string of the molecule is Cc1ccc(NC(=O)c2ccc3ncccc3c2)cc1NC(=O)c1cccc(OCc2ccccn2)c1. The normalized spacial score (nSPS) is 10.6. The van der Waals surface area contributed by atoms with Crippen LogP contribution >= 0.6 is 0 Å². The van der Waals surface area contributed by atoms with E-state index in [2.05, 4.69) is 20.6 Å². The molecule has 2 heterocycles. The Labute approximate surface area is 214 Å². The number of carbonyl (C=O) groups is 2. The lowest BCUT2D eigenvalue weighted by Gasteiger charge is -2.13. The van der Waals surface area contributed by atoms with Crippen LogP contribution in [0.15, 0.2) is 103 Å². The molecule has 37 heavy (non-hydrogen) atoms. The quantitative estimate of drug-likeness (QED) is 0.292. The van der Waals surface area contributed by atoms with Crippen molar-refractivity contribution >= 4 is 34.1 Å². The van der Waals surface area contributed by atoms with Gasteiger partial charge in [-0.1, -0.05) is 24.3 Å². The maximum atomic E-state index is 13.0. The first-order valence-electron chi connectivity index (χ1n) is 11.8. The van der Waals surface area contributed by atoms with Gasteiger partial charge in [-0.25, -0.2) is 0 Å². The highest BCUT2D eigenvalue weighted by atomic mass is 16.5. The minimum atomic E-state index is -0.281. The smallest absolute Gasteiger partial charge is 0.255 e. The Balaban J connectivity index is 1.27. The second kappa shape index (κ2) is 10.7. The summed E-state index contributed by atoms with van der Waals surface area (Å²) in [5.74, 6) is 0.0446. The highest BCUT2D eigenvalue weighted by molar-refractivity contribution is 6.07. The lowest BCUT2D eigenvalue weighted by atomic mass is 10.1. The number of hydrogen-bond donors (Lipinski definition) is 2. The molecular weight excluding hydrogens is 464 g/mol. The molecule has 0 aliphatic heterocycles. The van der Waals surface area contributed by atoms with E-state index in [1.165, 1.54) is 0 Å². The van der Waals surface area contributed by atoms with Gasteiger partial charge in [-0.3, -0.25) is 19.6 Å². The van der Waals surface area contributed by atoms with E-state index in [1.807, 2.05) is 49.4 Å². The number of rotatable bonds is 7. The average Bonchev–Trinajstić information content (AvgIpc) is 2.94. The summed E-state index contributed by atoms with van der Waals surface area (Å²) < 4.78 is 5.79. The van der Waals surface area contributed by atoms with Gasteiger partial charge in [0.15, 0.2) is 0 Å². The molecule has 0 atom stereocenters. The van der Waals surface area contributed by atoms with Gasteiger partial charge in [0.1, 0.15) is 12.4 Å². The molecule has 0 radical (unpaired) electrons. The van der Waals surface area contributed by atoms with Crippen molar-refractivity contribution in [1.82, 2.24) is 9.97 Å². The van der Waals surface area contributed by atoms with Crippen LogP contribution in [0.3, 0.4) is 0 Å². The molecule has 0 saturated carbocycles. The van der Waals surface area contributed by atoms with Crippen LogP contribution in [-0.4, -0.2) is 21.8 Å². The third kappa shape index (κ3) is 5.79. The van der Waals surface area contributed by atoms with Crippen molar-refractivity contribution < 1.29 is 14.3 Å². The summed E-state index contributed by atoms with van der Waals surface area (Å²) in [4.78, 5) is 34.4. The Morgan fingerprint density at radius 1 is 0.757 bits per heavy atom. The number of aromatic nitrogens is 2. The van der Waals surface area contributed by atoms with Crippen LogP contribution in [0.1, 0.15) is 32.0 Å². The Hall–Kier alpha value is -5.04. The van der Waals surface area contributed by atoms with Gasteiger partial charge in [0.25, 0.3) is 11.8 Å². The molecule has 182 valence electrons.